The number of allylic oxidation sites excluding steroid dienone is 2. The minimum Gasteiger partial charge on any atom is -0.477 e. The van der Waals surface area contributed by atoms with Crippen LogP contribution in [0.25, 0.3) is 10.8 Å². The summed E-state index contributed by atoms with van der Waals surface area (Å²) in [5.41, 5.74) is 1.68. The van der Waals surface area contributed by atoms with E-state index in [1.54, 1.807) is 6.08 Å². The zero-order chi connectivity index (χ0) is 25.9. The highest BCUT2D eigenvalue weighted by atomic mass is 32.2. The molecule has 1 saturated heterocycles. The lowest BCUT2D eigenvalue weighted by Crippen LogP contribution is -2.70. The Hall–Kier alpha value is -3.56. The van der Waals surface area contributed by atoms with E-state index in [1.165, 1.54) is 28.4 Å². The largest absolute Gasteiger partial charge is 0.477 e. The maximum Gasteiger partial charge on any atom is 0.352 e. The second-order valence-electron chi connectivity index (χ2n) is 8.83. The Kier molecular flexibility index (Phi) is 7.34. The summed E-state index contributed by atoms with van der Waals surface area (Å²) in [6, 6.07) is 19.2. The summed E-state index contributed by atoms with van der Waals surface area (Å²) < 4.78 is 2.05. The topological polar surface area (TPSA) is 90.6 Å². The van der Waals surface area contributed by atoms with Gasteiger partial charge in [-0.15, -0.1) is 23.5 Å². The van der Waals surface area contributed by atoms with Crippen molar-refractivity contribution in [2.75, 3.05) is 11.5 Å². The lowest BCUT2D eigenvalue weighted by Gasteiger charge is -2.49. The molecule has 2 aromatic carbocycles. The van der Waals surface area contributed by atoms with Crippen LogP contribution < -0.4 is 9.88 Å². The average Bonchev–Trinajstić information content (AvgIpc) is 2.91. The molecule has 9 heteroatoms. The second kappa shape index (κ2) is 10.8. The number of nitrogens with zero attached hydrogens (tertiary/aromatic N) is 2. The molecule has 2 N–H and O–H groups in total. The van der Waals surface area contributed by atoms with Crippen molar-refractivity contribution in [1.29, 1.82) is 0 Å². The van der Waals surface area contributed by atoms with Crippen LogP contribution in [0.3, 0.4) is 0 Å². The maximum atomic E-state index is 12.9. The van der Waals surface area contributed by atoms with Gasteiger partial charge >= 0.3 is 5.97 Å². The summed E-state index contributed by atoms with van der Waals surface area (Å²) in [5.74, 6) is -1.16. The van der Waals surface area contributed by atoms with Crippen molar-refractivity contribution in [1.82, 2.24) is 10.2 Å². The van der Waals surface area contributed by atoms with Gasteiger partial charge in [0.05, 0.1) is 5.75 Å². The van der Waals surface area contributed by atoms with Gasteiger partial charge in [-0.2, -0.15) is 4.57 Å². The zero-order valence-corrected chi connectivity index (χ0v) is 21.8. The first-order chi connectivity index (χ1) is 17.9. The predicted molar refractivity (Wildman–Crippen MR) is 145 cm³/mol. The molecule has 37 heavy (non-hydrogen) atoms. The Labute approximate surface area is 223 Å². The van der Waals surface area contributed by atoms with Crippen LogP contribution in [0.5, 0.6) is 0 Å². The number of amides is 2. The highest BCUT2D eigenvalue weighted by molar-refractivity contribution is 8.00. The highest BCUT2D eigenvalue weighted by Gasteiger charge is 2.53. The monoisotopic (exact) mass is 532 g/mol. The van der Waals surface area contributed by atoms with Gasteiger partial charge in [0.25, 0.3) is 5.91 Å². The third kappa shape index (κ3) is 5.28. The van der Waals surface area contributed by atoms with E-state index in [4.69, 9.17) is 0 Å². The Bertz CT molecular complexity index is 1450. The van der Waals surface area contributed by atoms with Crippen LogP contribution in [0.2, 0.25) is 0 Å². The van der Waals surface area contributed by atoms with Crippen LogP contribution in [-0.4, -0.2) is 50.7 Å². The number of aliphatic carboxylic acids is 1. The molecule has 188 valence electrons. The van der Waals surface area contributed by atoms with Crippen LogP contribution in [-0.2, 0) is 20.9 Å². The summed E-state index contributed by atoms with van der Waals surface area (Å²) in [6.07, 6.45) is 5.65. The minimum absolute atomic E-state index is 0.00387. The van der Waals surface area contributed by atoms with Crippen LogP contribution in [0.15, 0.2) is 95.2 Å². The standard InChI is InChI=1S/C28H25N3O4S2/c1-18-7-4-5-13-30(18)14-6-10-21-16-37-27-24(26(33)31(27)25(21)28(34)35)29-23(32)17-36-22-12-11-19-8-2-3-9-20(19)15-22/h2-13,15,24,27H,14,16-17H2,1H3,(H-,29,32,34,35)/p+1/t24-,27-/m1/s1. The van der Waals surface area contributed by atoms with Gasteiger partial charge in [-0.3, -0.25) is 14.5 Å². The molecular formula is C28H26N3O4S2+. The molecule has 2 atom stereocenters. The third-order valence-electron chi connectivity index (χ3n) is 6.40. The molecular weight excluding hydrogens is 506 g/mol. The molecule has 2 amide bonds. The molecule has 0 saturated carbocycles. The fourth-order valence-corrected chi connectivity index (χ4v) is 6.54. The highest BCUT2D eigenvalue weighted by Crippen LogP contribution is 2.40. The number of aryl methyl sites for hydroxylation is 1. The summed E-state index contributed by atoms with van der Waals surface area (Å²) in [4.78, 5) is 39.9. The van der Waals surface area contributed by atoms with Crippen molar-refractivity contribution in [3.63, 3.8) is 0 Å². The summed E-state index contributed by atoms with van der Waals surface area (Å²) in [6.45, 7) is 2.60. The number of nitrogens with one attached hydrogen (secondary N) is 1. The van der Waals surface area contributed by atoms with E-state index in [9.17, 15) is 19.5 Å². The van der Waals surface area contributed by atoms with Gasteiger partial charge in [-0.05, 0) is 34.6 Å². The van der Waals surface area contributed by atoms with Crippen molar-refractivity contribution in [3.8, 4) is 0 Å². The van der Waals surface area contributed by atoms with E-state index in [2.05, 4.69) is 5.32 Å². The Balaban J connectivity index is 1.21. The predicted octanol–water partition coefficient (Wildman–Crippen LogP) is 3.52. The quantitative estimate of drug-likeness (QED) is 0.262. The van der Waals surface area contributed by atoms with E-state index in [0.717, 1.165) is 21.4 Å². The van der Waals surface area contributed by atoms with E-state index in [0.29, 0.717) is 17.9 Å². The normalized spacial score (nSPS) is 19.2. The number of β-lactam (4-membered cyclic amide) rings is 1. The number of fused-ring (bicyclic) bond motifs is 2. The number of aromatic nitrogens is 1. The number of carbonyl (C=O) groups excluding carboxylic acids is 2. The van der Waals surface area contributed by atoms with Crippen molar-refractivity contribution >= 4 is 52.1 Å². The van der Waals surface area contributed by atoms with E-state index >= 15 is 0 Å². The second-order valence-corrected chi connectivity index (χ2v) is 11.0. The number of carbonyl (C=O) groups is 3. The number of benzene rings is 2. The fourth-order valence-electron chi connectivity index (χ4n) is 4.47. The molecule has 0 unspecified atom stereocenters. The Morgan fingerprint density at radius 1 is 1.16 bits per heavy atom. The van der Waals surface area contributed by atoms with E-state index in [-0.39, 0.29) is 17.4 Å². The van der Waals surface area contributed by atoms with Crippen LogP contribution in [0, 0.1) is 6.92 Å². The first-order valence-electron chi connectivity index (χ1n) is 11.9. The first kappa shape index (κ1) is 25.1. The first-order valence-corrected chi connectivity index (χ1v) is 13.9. The van der Waals surface area contributed by atoms with E-state index in [1.807, 2.05) is 84.4 Å². The molecule has 0 bridgehead atoms. The molecule has 7 nitrogen and oxygen atoms in total. The van der Waals surface area contributed by atoms with Gasteiger partial charge in [0.1, 0.15) is 17.1 Å². The number of thioether (sulfide) groups is 2. The average molecular weight is 533 g/mol. The molecule has 2 aliphatic rings. The summed E-state index contributed by atoms with van der Waals surface area (Å²) in [7, 11) is 0. The molecule has 0 spiro atoms. The van der Waals surface area contributed by atoms with Gasteiger partial charge in [-0.1, -0.05) is 42.5 Å². The zero-order valence-electron chi connectivity index (χ0n) is 20.2. The van der Waals surface area contributed by atoms with Crippen molar-refractivity contribution < 1.29 is 24.1 Å². The van der Waals surface area contributed by atoms with Gasteiger partial charge in [0, 0.05) is 29.7 Å². The van der Waals surface area contributed by atoms with Gasteiger partial charge < -0.3 is 10.4 Å². The molecule has 1 fully saturated rings. The van der Waals surface area contributed by atoms with Gasteiger partial charge in [0.15, 0.2) is 18.4 Å². The third-order valence-corrected chi connectivity index (χ3v) is 8.69. The van der Waals surface area contributed by atoms with Crippen LogP contribution >= 0.6 is 23.5 Å². The number of pyridine rings is 1. The number of rotatable bonds is 8. The maximum absolute atomic E-state index is 12.9. The van der Waals surface area contributed by atoms with Crippen molar-refractivity contribution in [2.24, 2.45) is 0 Å². The number of carboxylic acids is 1. The Morgan fingerprint density at radius 2 is 1.95 bits per heavy atom. The molecule has 5 rings (SSSR count). The van der Waals surface area contributed by atoms with Crippen molar-refractivity contribution in [3.05, 3.63) is 96.0 Å². The Morgan fingerprint density at radius 3 is 2.73 bits per heavy atom. The van der Waals surface area contributed by atoms with E-state index < -0.39 is 23.3 Å². The fraction of sp³-hybridized carbons (Fsp3) is 0.214. The lowest BCUT2D eigenvalue weighted by molar-refractivity contribution is -0.693. The lowest BCUT2D eigenvalue weighted by atomic mass is 10.0. The number of hydrogen-bond acceptors (Lipinski definition) is 5. The van der Waals surface area contributed by atoms with Gasteiger partial charge in [-0.25, -0.2) is 4.79 Å². The molecule has 0 radical (unpaired) electrons. The minimum atomic E-state index is -1.14. The van der Waals surface area contributed by atoms with Gasteiger partial charge in [0.2, 0.25) is 5.91 Å². The summed E-state index contributed by atoms with van der Waals surface area (Å²) in [5, 5.41) is 14.5. The number of carboxylic acid groups (broad SMARTS) is 1. The number of hydrogen-bond donors (Lipinski definition) is 2. The molecule has 3 aromatic rings. The summed E-state index contributed by atoms with van der Waals surface area (Å²) >= 11 is 2.87. The molecule has 0 aliphatic carbocycles. The SMILES string of the molecule is Cc1cccc[n+]1CC=CC1=C(C(=O)O)N2C(=O)[C@@H](NC(=O)CSc3ccc4ccccc4c3)[C@H]2SC1. The van der Waals surface area contributed by atoms with Crippen molar-refractivity contribution in [2.45, 2.75) is 29.8 Å². The smallest absolute Gasteiger partial charge is 0.352 e. The molecule has 3 heterocycles. The molecule has 2 aliphatic heterocycles. The molecule has 1 aromatic heterocycles. The van der Waals surface area contributed by atoms with Crippen LogP contribution in [0.1, 0.15) is 5.69 Å². The van der Waals surface area contributed by atoms with Crippen LogP contribution in [0.4, 0.5) is 0 Å².